The lowest BCUT2D eigenvalue weighted by Gasteiger charge is -2.02. The monoisotopic (exact) mass is 138 g/mol. The smallest absolute Gasteiger partial charge is 0.0756 e. The van der Waals surface area contributed by atoms with Gasteiger partial charge in [-0.2, -0.15) is 0 Å². The van der Waals surface area contributed by atoms with Crippen molar-refractivity contribution >= 4 is 0 Å². The first-order valence-electron chi connectivity index (χ1n) is 3.25. The second-order valence-electron chi connectivity index (χ2n) is 2.34. The molecule has 0 aliphatic carbocycles. The standard InChI is InChI=1S/C9H14O/c1-5-7(2)6-8(3)9(4)10/h5-6,9-10H,1,3H2,2,4H3/b7-6-. The molecule has 0 aliphatic heterocycles. The molecule has 0 heterocycles. The minimum atomic E-state index is -0.463. The predicted molar refractivity (Wildman–Crippen MR) is 44.8 cm³/mol. The summed E-state index contributed by atoms with van der Waals surface area (Å²) in [5, 5.41) is 8.99. The molecule has 0 saturated carbocycles. The highest BCUT2D eigenvalue weighted by atomic mass is 16.3. The molecular formula is C9H14O. The Kier molecular flexibility index (Phi) is 3.74. The van der Waals surface area contributed by atoms with Crippen LogP contribution in [0.4, 0.5) is 0 Å². The fourth-order valence-electron chi connectivity index (χ4n) is 0.472. The van der Waals surface area contributed by atoms with E-state index in [1.807, 2.05) is 13.0 Å². The molecule has 0 radical (unpaired) electrons. The van der Waals surface area contributed by atoms with Crippen molar-refractivity contribution in [3.8, 4) is 0 Å². The van der Waals surface area contributed by atoms with E-state index in [0.717, 1.165) is 11.1 Å². The van der Waals surface area contributed by atoms with Crippen molar-refractivity contribution < 1.29 is 5.11 Å². The topological polar surface area (TPSA) is 20.2 Å². The average Bonchev–Trinajstić information content (AvgIpc) is 1.87. The molecule has 0 aromatic heterocycles. The van der Waals surface area contributed by atoms with Crippen LogP contribution in [0.3, 0.4) is 0 Å². The normalized spacial score (nSPS) is 14.5. The van der Waals surface area contributed by atoms with Gasteiger partial charge in [0.2, 0.25) is 0 Å². The third-order valence-electron chi connectivity index (χ3n) is 1.27. The molecule has 0 amide bonds. The summed E-state index contributed by atoms with van der Waals surface area (Å²) in [4.78, 5) is 0. The molecule has 56 valence electrons. The molecular weight excluding hydrogens is 124 g/mol. The Morgan fingerprint density at radius 1 is 1.60 bits per heavy atom. The van der Waals surface area contributed by atoms with E-state index in [4.69, 9.17) is 5.11 Å². The van der Waals surface area contributed by atoms with Crippen molar-refractivity contribution in [2.45, 2.75) is 20.0 Å². The zero-order chi connectivity index (χ0) is 8.15. The summed E-state index contributed by atoms with van der Waals surface area (Å²) in [6.07, 6.45) is 3.08. The van der Waals surface area contributed by atoms with Crippen LogP contribution in [0.1, 0.15) is 13.8 Å². The fourth-order valence-corrected chi connectivity index (χ4v) is 0.472. The molecule has 0 aliphatic rings. The summed E-state index contributed by atoms with van der Waals surface area (Å²) in [5.41, 5.74) is 1.74. The number of aliphatic hydroxyl groups is 1. The van der Waals surface area contributed by atoms with Crippen molar-refractivity contribution in [2.75, 3.05) is 0 Å². The van der Waals surface area contributed by atoms with E-state index in [0.29, 0.717) is 0 Å². The lowest BCUT2D eigenvalue weighted by molar-refractivity contribution is 0.236. The van der Waals surface area contributed by atoms with Gasteiger partial charge in [0, 0.05) is 0 Å². The lowest BCUT2D eigenvalue weighted by atomic mass is 10.1. The van der Waals surface area contributed by atoms with E-state index in [-0.39, 0.29) is 0 Å². The third kappa shape index (κ3) is 3.25. The lowest BCUT2D eigenvalue weighted by Crippen LogP contribution is -2.00. The maximum absolute atomic E-state index is 8.99. The predicted octanol–water partition coefficient (Wildman–Crippen LogP) is 2.06. The SMILES string of the molecule is C=C/C(C)=C\C(=C)C(C)O. The van der Waals surface area contributed by atoms with Gasteiger partial charge in [0.25, 0.3) is 0 Å². The van der Waals surface area contributed by atoms with Crippen LogP contribution < -0.4 is 0 Å². The van der Waals surface area contributed by atoms with Gasteiger partial charge >= 0.3 is 0 Å². The van der Waals surface area contributed by atoms with E-state index in [9.17, 15) is 0 Å². The Labute approximate surface area is 62.4 Å². The highest BCUT2D eigenvalue weighted by Gasteiger charge is 1.96. The minimum Gasteiger partial charge on any atom is -0.389 e. The van der Waals surface area contributed by atoms with Gasteiger partial charge in [-0.05, 0) is 19.4 Å². The maximum atomic E-state index is 8.99. The maximum Gasteiger partial charge on any atom is 0.0756 e. The Hall–Kier alpha value is -0.820. The Balaban J connectivity index is 4.13. The molecule has 1 nitrogen and oxygen atoms in total. The third-order valence-corrected chi connectivity index (χ3v) is 1.27. The molecule has 10 heavy (non-hydrogen) atoms. The number of hydrogen-bond donors (Lipinski definition) is 1. The van der Waals surface area contributed by atoms with Crippen molar-refractivity contribution in [1.29, 1.82) is 0 Å². The van der Waals surface area contributed by atoms with Gasteiger partial charge in [-0.3, -0.25) is 0 Å². The number of aliphatic hydroxyl groups excluding tert-OH is 1. The molecule has 0 bridgehead atoms. The van der Waals surface area contributed by atoms with Gasteiger partial charge in [-0.1, -0.05) is 30.9 Å². The molecule has 1 unspecified atom stereocenters. The quantitative estimate of drug-likeness (QED) is 0.592. The summed E-state index contributed by atoms with van der Waals surface area (Å²) in [7, 11) is 0. The second-order valence-corrected chi connectivity index (χ2v) is 2.34. The fraction of sp³-hybridized carbons (Fsp3) is 0.333. The van der Waals surface area contributed by atoms with Crippen LogP contribution in [0.25, 0.3) is 0 Å². The van der Waals surface area contributed by atoms with E-state index >= 15 is 0 Å². The van der Waals surface area contributed by atoms with Crippen molar-refractivity contribution in [3.63, 3.8) is 0 Å². The summed E-state index contributed by atoms with van der Waals surface area (Å²) in [5.74, 6) is 0. The zero-order valence-electron chi connectivity index (χ0n) is 6.59. The molecule has 0 fully saturated rings. The summed E-state index contributed by atoms with van der Waals surface area (Å²) in [6.45, 7) is 10.9. The van der Waals surface area contributed by atoms with Crippen LogP contribution in [0, 0.1) is 0 Å². The number of hydrogen-bond acceptors (Lipinski definition) is 1. The average molecular weight is 138 g/mol. The van der Waals surface area contributed by atoms with Gasteiger partial charge < -0.3 is 5.11 Å². The minimum absolute atomic E-state index is 0.463. The zero-order valence-corrected chi connectivity index (χ0v) is 6.59. The van der Waals surface area contributed by atoms with Crippen molar-refractivity contribution in [3.05, 3.63) is 36.5 Å². The highest BCUT2D eigenvalue weighted by Crippen LogP contribution is 2.04. The Bertz CT molecular complexity index is 164. The van der Waals surface area contributed by atoms with Crippen LogP contribution in [0.2, 0.25) is 0 Å². The van der Waals surface area contributed by atoms with Crippen LogP contribution in [0.5, 0.6) is 0 Å². The van der Waals surface area contributed by atoms with Gasteiger partial charge in [-0.15, -0.1) is 0 Å². The van der Waals surface area contributed by atoms with E-state index in [1.54, 1.807) is 13.0 Å². The van der Waals surface area contributed by atoms with Crippen LogP contribution in [0.15, 0.2) is 36.5 Å². The first-order chi connectivity index (χ1) is 4.57. The number of rotatable bonds is 3. The summed E-state index contributed by atoms with van der Waals surface area (Å²) >= 11 is 0. The molecule has 0 aromatic carbocycles. The van der Waals surface area contributed by atoms with Crippen LogP contribution in [-0.4, -0.2) is 11.2 Å². The Morgan fingerprint density at radius 2 is 2.10 bits per heavy atom. The first-order valence-corrected chi connectivity index (χ1v) is 3.25. The highest BCUT2D eigenvalue weighted by molar-refractivity contribution is 5.27. The van der Waals surface area contributed by atoms with Gasteiger partial charge in [-0.25, -0.2) is 0 Å². The largest absolute Gasteiger partial charge is 0.389 e. The van der Waals surface area contributed by atoms with E-state index in [1.165, 1.54) is 0 Å². The van der Waals surface area contributed by atoms with E-state index < -0.39 is 6.10 Å². The van der Waals surface area contributed by atoms with Gasteiger partial charge in [0.1, 0.15) is 0 Å². The van der Waals surface area contributed by atoms with Crippen molar-refractivity contribution in [2.24, 2.45) is 0 Å². The van der Waals surface area contributed by atoms with Crippen LogP contribution in [-0.2, 0) is 0 Å². The van der Waals surface area contributed by atoms with Gasteiger partial charge in [0.15, 0.2) is 0 Å². The molecule has 1 heteroatoms. The molecule has 0 aromatic rings. The molecule has 0 saturated heterocycles. The van der Waals surface area contributed by atoms with E-state index in [2.05, 4.69) is 13.2 Å². The summed E-state index contributed by atoms with van der Waals surface area (Å²) in [6, 6.07) is 0. The number of allylic oxidation sites excluding steroid dienone is 2. The molecule has 0 spiro atoms. The van der Waals surface area contributed by atoms with Crippen molar-refractivity contribution in [1.82, 2.24) is 0 Å². The molecule has 1 N–H and O–H groups in total. The Morgan fingerprint density at radius 3 is 2.40 bits per heavy atom. The second kappa shape index (κ2) is 4.07. The van der Waals surface area contributed by atoms with Crippen LogP contribution >= 0.6 is 0 Å². The first kappa shape index (κ1) is 9.18. The summed E-state index contributed by atoms with van der Waals surface area (Å²) < 4.78 is 0. The van der Waals surface area contributed by atoms with Gasteiger partial charge in [0.05, 0.1) is 6.10 Å². The molecule has 1 atom stereocenters. The molecule has 0 rings (SSSR count).